The van der Waals surface area contributed by atoms with Crippen LogP contribution in [0.2, 0.25) is 0 Å². The number of aryl methyl sites for hydroxylation is 1. The summed E-state index contributed by atoms with van der Waals surface area (Å²) < 4.78 is 14.6. The Morgan fingerprint density at radius 3 is 2.75 bits per heavy atom. The summed E-state index contributed by atoms with van der Waals surface area (Å²) in [5.41, 5.74) is 2.56. The van der Waals surface area contributed by atoms with Gasteiger partial charge in [0.2, 0.25) is 5.91 Å². The fourth-order valence-corrected chi connectivity index (χ4v) is 2.82. The van der Waals surface area contributed by atoms with Gasteiger partial charge in [-0.1, -0.05) is 40.2 Å². The Labute approximate surface area is 125 Å². The molecule has 0 N–H and O–H groups in total. The van der Waals surface area contributed by atoms with E-state index >= 15 is 0 Å². The maximum Gasteiger partial charge on any atom is 0.227 e. The number of carbonyl (C=O) groups is 1. The molecule has 0 fully saturated rings. The molecule has 0 saturated heterocycles. The van der Waals surface area contributed by atoms with Crippen LogP contribution in [0.25, 0.3) is 0 Å². The van der Waals surface area contributed by atoms with Gasteiger partial charge in [-0.3, -0.25) is 4.79 Å². The van der Waals surface area contributed by atoms with Crippen molar-refractivity contribution >= 4 is 27.5 Å². The number of amides is 1. The summed E-state index contributed by atoms with van der Waals surface area (Å²) in [6.45, 7) is 0.273. The van der Waals surface area contributed by atoms with Crippen LogP contribution in [0.15, 0.2) is 46.9 Å². The number of nitrogens with zero attached hydrogens (tertiary/aromatic N) is 1. The minimum Gasteiger partial charge on any atom is -0.308 e. The van der Waals surface area contributed by atoms with Gasteiger partial charge >= 0.3 is 0 Å². The van der Waals surface area contributed by atoms with E-state index < -0.39 is 0 Å². The molecular formula is C16H13BrFNO. The van der Waals surface area contributed by atoms with E-state index in [9.17, 15) is 9.18 Å². The first-order chi connectivity index (χ1) is 9.65. The number of rotatable bonds is 2. The van der Waals surface area contributed by atoms with Crippen LogP contribution >= 0.6 is 15.9 Å². The van der Waals surface area contributed by atoms with Crippen LogP contribution in [0, 0.1) is 5.82 Å². The van der Waals surface area contributed by atoms with E-state index in [0.717, 1.165) is 17.7 Å². The van der Waals surface area contributed by atoms with Crippen molar-refractivity contribution in [3.63, 3.8) is 0 Å². The molecule has 0 radical (unpaired) electrons. The van der Waals surface area contributed by atoms with Gasteiger partial charge in [0, 0.05) is 22.1 Å². The molecule has 1 amide bonds. The molecule has 0 spiro atoms. The summed E-state index contributed by atoms with van der Waals surface area (Å²) in [6, 6.07) is 12.7. The summed E-state index contributed by atoms with van der Waals surface area (Å²) in [6.07, 6.45) is 1.24. The number of anilines is 1. The molecule has 20 heavy (non-hydrogen) atoms. The third-order valence-electron chi connectivity index (χ3n) is 3.54. The maximum atomic E-state index is 13.9. The Hall–Kier alpha value is -1.68. The summed E-state index contributed by atoms with van der Waals surface area (Å²) in [7, 11) is 0. The first kappa shape index (κ1) is 13.3. The number of carbonyl (C=O) groups excluding carboxylic acids is 1. The smallest absolute Gasteiger partial charge is 0.227 e. The number of benzene rings is 2. The Balaban J connectivity index is 1.95. The van der Waals surface area contributed by atoms with Crippen LogP contribution in [0.4, 0.5) is 10.1 Å². The molecule has 1 aliphatic rings. The molecule has 0 atom stereocenters. The maximum absolute atomic E-state index is 13.9. The largest absolute Gasteiger partial charge is 0.308 e. The van der Waals surface area contributed by atoms with Gasteiger partial charge in [0.25, 0.3) is 0 Å². The van der Waals surface area contributed by atoms with Crippen LogP contribution in [-0.4, -0.2) is 5.91 Å². The number of hydrogen-bond acceptors (Lipinski definition) is 1. The predicted octanol–water partition coefficient (Wildman–Crippen LogP) is 4.07. The molecular weight excluding hydrogens is 321 g/mol. The van der Waals surface area contributed by atoms with Crippen molar-refractivity contribution in [2.24, 2.45) is 0 Å². The van der Waals surface area contributed by atoms with Crippen molar-refractivity contribution < 1.29 is 9.18 Å². The first-order valence-corrected chi connectivity index (χ1v) is 7.26. The highest BCUT2D eigenvalue weighted by Gasteiger charge is 2.24. The van der Waals surface area contributed by atoms with Gasteiger partial charge in [-0.05, 0) is 30.2 Å². The van der Waals surface area contributed by atoms with Gasteiger partial charge in [-0.15, -0.1) is 0 Å². The van der Waals surface area contributed by atoms with Crippen molar-refractivity contribution in [1.29, 1.82) is 0 Å². The van der Waals surface area contributed by atoms with Crippen LogP contribution in [0.1, 0.15) is 17.5 Å². The number of hydrogen-bond donors (Lipinski definition) is 0. The lowest BCUT2D eigenvalue weighted by Gasteiger charge is -2.29. The van der Waals surface area contributed by atoms with Crippen molar-refractivity contribution in [1.82, 2.24) is 0 Å². The highest BCUT2D eigenvalue weighted by Crippen LogP contribution is 2.29. The average Bonchev–Trinajstić information content (AvgIpc) is 2.44. The predicted molar refractivity (Wildman–Crippen MR) is 80.1 cm³/mol. The van der Waals surface area contributed by atoms with Gasteiger partial charge in [0.05, 0.1) is 6.54 Å². The second-order valence-corrected chi connectivity index (χ2v) is 5.76. The number of para-hydroxylation sites is 1. The lowest BCUT2D eigenvalue weighted by atomic mass is 10.0. The minimum atomic E-state index is -0.296. The lowest BCUT2D eigenvalue weighted by Crippen LogP contribution is -2.34. The second kappa shape index (κ2) is 5.37. The quantitative estimate of drug-likeness (QED) is 0.811. The molecule has 0 aromatic heterocycles. The molecule has 4 heteroatoms. The Morgan fingerprint density at radius 2 is 1.95 bits per heavy atom. The zero-order chi connectivity index (χ0) is 14.1. The molecule has 102 valence electrons. The average molecular weight is 334 g/mol. The summed E-state index contributed by atoms with van der Waals surface area (Å²) >= 11 is 3.24. The number of fused-ring (bicyclic) bond motifs is 1. The Morgan fingerprint density at radius 1 is 1.15 bits per heavy atom. The van der Waals surface area contributed by atoms with Gasteiger partial charge in [0.1, 0.15) is 5.82 Å². The standard InChI is InChI=1S/C16H13BrFNO/c17-13-7-5-12(14(18)9-13)10-19-15-4-2-1-3-11(15)6-8-16(19)20/h1-5,7,9H,6,8,10H2. The third-order valence-corrected chi connectivity index (χ3v) is 4.03. The molecule has 1 heterocycles. The monoisotopic (exact) mass is 333 g/mol. The second-order valence-electron chi connectivity index (χ2n) is 4.84. The van der Waals surface area contributed by atoms with Crippen LogP contribution in [-0.2, 0) is 17.8 Å². The normalized spacial score (nSPS) is 14.3. The summed E-state index contributed by atoms with van der Waals surface area (Å²) in [4.78, 5) is 13.8. The fraction of sp³-hybridized carbons (Fsp3) is 0.188. The molecule has 2 aromatic rings. The van der Waals surface area contributed by atoms with Crippen LogP contribution < -0.4 is 4.90 Å². The van der Waals surface area contributed by atoms with Crippen molar-refractivity contribution in [2.45, 2.75) is 19.4 Å². The topological polar surface area (TPSA) is 20.3 Å². The Bertz CT molecular complexity index is 671. The zero-order valence-corrected chi connectivity index (χ0v) is 12.4. The summed E-state index contributed by atoms with van der Waals surface area (Å²) in [5, 5.41) is 0. The van der Waals surface area contributed by atoms with E-state index in [4.69, 9.17) is 0 Å². The molecule has 3 rings (SSSR count). The summed E-state index contributed by atoms with van der Waals surface area (Å²) in [5.74, 6) is -0.249. The van der Waals surface area contributed by atoms with E-state index in [2.05, 4.69) is 15.9 Å². The van der Waals surface area contributed by atoms with Gasteiger partial charge in [-0.2, -0.15) is 0 Å². The molecule has 0 bridgehead atoms. The first-order valence-electron chi connectivity index (χ1n) is 6.47. The molecule has 0 aliphatic carbocycles. The third kappa shape index (κ3) is 2.48. The van der Waals surface area contributed by atoms with E-state index in [1.165, 1.54) is 6.07 Å². The van der Waals surface area contributed by atoms with Crippen molar-refractivity contribution in [3.8, 4) is 0 Å². The molecule has 0 saturated carbocycles. The van der Waals surface area contributed by atoms with Gasteiger partial charge < -0.3 is 4.90 Å². The van der Waals surface area contributed by atoms with Crippen molar-refractivity contribution in [2.75, 3.05) is 4.90 Å². The molecule has 0 unspecified atom stereocenters. The van der Waals surface area contributed by atoms with E-state index in [0.29, 0.717) is 16.5 Å². The van der Waals surface area contributed by atoms with Crippen LogP contribution in [0.3, 0.4) is 0 Å². The SMILES string of the molecule is O=C1CCc2ccccc2N1Cc1ccc(Br)cc1F. The number of halogens is 2. The molecule has 2 aromatic carbocycles. The zero-order valence-electron chi connectivity index (χ0n) is 10.8. The minimum absolute atomic E-state index is 0.0472. The lowest BCUT2D eigenvalue weighted by molar-refractivity contribution is -0.119. The van der Waals surface area contributed by atoms with E-state index in [1.807, 2.05) is 24.3 Å². The molecule has 1 aliphatic heterocycles. The highest BCUT2D eigenvalue weighted by molar-refractivity contribution is 9.10. The fourth-order valence-electron chi connectivity index (χ4n) is 2.49. The molecule has 2 nitrogen and oxygen atoms in total. The van der Waals surface area contributed by atoms with Gasteiger partial charge in [-0.25, -0.2) is 4.39 Å². The Kier molecular flexibility index (Phi) is 3.57. The van der Waals surface area contributed by atoms with Crippen molar-refractivity contribution in [3.05, 3.63) is 63.9 Å². The van der Waals surface area contributed by atoms with Gasteiger partial charge in [0.15, 0.2) is 0 Å². The van der Waals surface area contributed by atoms with Crippen LogP contribution in [0.5, 0.6) is 0 Å². The van der Waals surface area contributed by atoms with E-state index in [1.54, 1.807) is 17.0 Å². The van der Waals surface area contributed by atoms with E-state index in [-0.39, 0.29) is 18.3 Å². The highest BCUT2D eigenvalue weighted by atomic mass is 79.9.